The van der Waals surface area contributed by atoms with E-state index in [9.17, 15) is 4.79 Å². The summed E-state index contributed by atoms with van der Waals surface area (Å²) in [5, 5.41) is 2.90. The van der Waals surface area contributed by atoms with E-state index in [0.717, 1.165) is 25.9 Å². The van der Waals surface area contributed by atoms with Gasteiger partial charge >= 0.3 is 0 Å². The number of carbonyl (C=O) groups is 1. The van der Waals surface area contributed by atoms with Crippen LogP contribution in [0.3, 0.4) is 0 Å². The molecule has 0 saturated carbocycles. The van der Waals surface area contributed by atoms with Crippen molar-refractivity contribution in [3.8, 4) is 0 Å². The van der Waals surface area contributed by atoms with E-state index in [0.29, 0.717) is 25.9 Å². The van der Waals surface area contributed by atoms with Gasteiger partial charge in [0.1, 0.15) is 0 Å². The van der Waals surface area contributed by atoms with Crippen molar-refractivity contribution in [2.45, 2.75) is 31.4 Å². The normalized spacial score (nSPS) is 34.2. The maximum Gasteiger partial charge on any atom is 0.227 e. The summed E-state index contributed by atoms with van der Waals surface area (Å²) in [5.74, 6) is -0.160. The van der Waals surface area contributed by atoms with Gasteiger partial charge in [-0.05, 0) is 19.3 Å². The fraction of sp³-hybridized carbons (Fsp3) is 0.909. The van der Waals surface area contributed by atoms with Gasteiger partial charge in [0.15, 0.2) is 0 Å². The quantitative estimate of drug-likeness (QED) is 0.689. The summed E-state index contributed by atoms with van der Waals surface area (Å²) in [5.41, 5.74) is 5.76. The second-order valence-electron chi connectivity index (χ2n) is 4.52. The minimum absolute atomic E-state index is 0.0167. The average molecular weight is 228 g/mol. The van der Waals surface area contributed by atoms with Crippen molar-refractivity contribution in [3.05, 3.63) is 0 Å². The second kappa shape index (κ2) is 5.61. The lowest BCUT2D eigenvalue weighted by Gasteiger charge is -2.14. The highest BCUT2D eigenvalue weighted by Crippen LogP contribution is 2.15. The summed E-state index contributed by atoms with van der Waals surface area (Å²) in [6.45, 7) is 2.48. The van der Waals surface area contributed by atoms with Crippen LogP contribution in [-0.2, 0) is 14.3 Å². The third-order valence-electron chi connectivity index (χ3n) is 3.25. The van der Waals surface area contributed by atoms with Crippen molar-refractivity contribution in [1.82, 2.24) is 5.32 Å². The number of amides is 1. The van der Waals surface area contributed by atoms with Gasteiger partial charge in [-0.15, -0.1) is 0 Å². The first kappa shape index (κ1) is 11.8. The van der Waals surface area contributed by atoms with E-state index in [-0.39, 0.29) is 17.9 Å². The maximum atomic E-state index is 11.7. The molecule has 5 nitrogen and oxygen atoms in total. The minimum Gasteiger partial charge on any atom is -0.379 e. The molecule has 2 rings (SSSR count). The van der Waals surface area contributed by atoms with Gasteiger partial charge in [-0.1, -0.05) is 0 Å². The van der Waals surface area contributed by atoms with Crippen LogP contribution in [0.4, 0.5) is 0 Å². The van der Waals surface area contributed by atoms with Crippen LogP contribution >= 0.6 is 0 Å². The van der Waals surface area contributed by atoms with Gasteiger partial charge < -0.3 is 20.5 Å². The Balaban J connectivity index is 1.63. The molecule has 5 heteroatoms. The van der Waals surface area contributed by atoms with Crippen molar-refractivity contribution in [3.63, 3.8) is 0 Å². The van der Waals surface area contributed by atoms with E-state index in [1.807, 2.05) is 0 Å². The Labute approximate surface area is 95.7 Å². The van der Waals surface area contributed by atoms with Gasteiger partial charge in [0.05, 0.1) is 25.2 Å². The van der Waals surface area contributed by atoms with Crippen LogP contribution in [0, 0.1) is 5.92 Å². The van der Waals surface area contributed by atoms with Gasteiger partial charge in [-0.25, -0.2) is 0 Å². The second-order valence-corrected chi connectivity index (χ2v) is 4.52. The lowest BCUT2D eigenvalue weighted by Crippen LogP contribution is -2.41. The molecule has 2 heterocycles. The summed E-state index contributed by atoms with van der Waals surface area (Å²) in [6.07, 6.45) is 3.48. The molecule has 3 N–H and O–H groups in total. The van der Waals surface area contributed by atoms with Crippen LogP contribution < -0.4 is 11.1 Å². The fourth-order valence-corrected chi connectivity index (χ4v) is 2.20. The zero-order valence-electron chi connectivity index (χ0n) is 9.48. The SMILES string of the molecule is NC1COCC1C(=O)NCCC1CCCO1. The molecule has 2 aliphatic heterocycles. The molecule has 0 aromatic rings. The van der Waals surface area contributed by atoms with Gasteiger partial charge in [0.2, 0.25) is 5.91 Å². The molecule has 3 atom stereocenters. The average Bonchev–Trinajstić information content (AvgIpc) is 2.88. The Morgan fingerprint density at radius 3 is 2.94 bits per heavy atom. The topological polar surface area (TPSA) is 73.6 Å². The Morgan fingerprint density at radius 1 is 1.44 bits per heavy atom. The number of carbonyl (C=O) groups excluding carboxylic acids is 1. The highest BCUT2D eigenvalue weighted by atomic mass is 16.5. The first-order valence-corrected chi connectivity index (χ1v) is 6.00. The zero-order chi connectivity index (χ0) is 11.4. The van der Waals surface area contributed by atoms with Crippen LogP contribution in [0.2, 0.25) is 0 Å². The molecular weight excluding hydrogens is 208 g/mol. The lowest BCUT2D eigenvalue weighted by atomic mass is 10.0. The van der Waals surface area contributed by atoms with Crippen LogP contribution in [-0.4, -0.2) is 44.4 Å². The predicted molar refractivity (Wildman–Crippen MR) is 58.9 cm³/mol. The summed E-state index contributed by atoms with van der Waals surface area (Å²) in [7, 11) is 0. The number of hydrogen-bond acceptors (Lipinski definition) is 4. The van der Waals surface area contributed by atoms with Gasteiger partial charge in [-0.2, -0.15) is 0 Å². The molecule has 1 amide bonds. The Kier molecular flexibility index (Phi) is 4.15. The number of nitrogens with two attached hydrogens (primary N) is 1. The predicted octanol–water partition coefficient (Wildman–Crippen LogP) is -0.355. The van der Waals surface area contributed by atoms with Crippen molar-refractivity contribution in [1.29, 1.82) is 0 Å². The first-order chi connectivity index (χ1) is 7.77. The highest BCUT2D eigenvalue weighted by molar-refractivity contribution is 5.79. The number of nitrogens with one attached hydrogen (secondary N) is 1. The highest BCUT2D eigenvalue weighted by Gasteiger charge is 2.31. The van der Waals surface area contributed by atoms with Crippen LogP contribution in [0.25, 0.3) is 0 Å². The van der Waals surface area contributed by atoms with Crippen molar-refractivity contribution < 1.29 is 14.3 Å². The Bertz CT molecular complexity index is 241. The maximum absolute atomic E-state index is 11.7. The summed E-state index contributed by atoms with van der Waals surface area (Å²) < 4.78 is 10.6. The molecule has 0 aromatic carbocycles. The molecule has 0 aromatic heterocycles. The standard InChI is InChI=1S/C11H20N2O3/c12-10-7-15-6-9(10)11(14)13-4-3-8-2-1-5-16-8/h8-10H,1-7,12H2,(H,13,14). The molecule has 2 saturated heterocycles. The third-order valence-corrected chi connectivity index (χ3v) is 3.25. The number of rotatable bonds is 4. The summed E-state index contributed by atoms with van der Waals surface area (Å²) in [4.78, 5) is 11.7. The molecular formula is C11H20N2O3. The van der Waals surface area contributed by atoms with E-state index < -0.39 is 0 Å². The van der Waals surface area contributed by atoms with Crippen LogP contribution in [0.15, 0.2) is 0 Å². The first-order valence-electron chi connectivity index (χ1n) is 6.00. The van der Waals surface area contributed by atoms with Crippen molar-refractivity contribution >= 4 is 5.91 Å². The minimum atomic E-state index is -0.176. The van der Waals surface area contributed by atoms with Crippen LogP contribution in [0.1, 0.15) is 19.3 Å². The zero-order valence-corrected chi connectivity index (χ0v) is 9.48. The smallest absolute Gasteiger partial charge is 0.227 e. The van der Waals surface area contributed by atoms with E-state index in [1.165, 1.54) is 0 Å². The van der Waals surface area contributed by atoms with Crippen molar-refractivity contribution in [2.24, 2.45) is 11.7 Å². The molecule has 2 fully saturated rings. The monoisotopic (exact) mass is 228 g/mol. The van der Waals surface area contributed by atoms with E-state index in [1.54, 1.807) is 0 Å². The number of ether oxygens (including phenoxy) is 2. The van der Waals surface area contributed by atoms with Crippen molar-refractivity contribution in [2.75, 3.05) is 26.4 Å². The van der Waals surface area contributed by atoms with Gasteiger partial charge in [0.25, 0.3) is 0 Å². The molecule has 0 spiro atoms. The molecule has 3 unspecified atom stereocenters. The molecule has 0 aliphatic carbocycles. The lowest BCUT2D eigenvalue weighted by molar-refractivity contribution is -0.125. The molecule has 0 bridgehead atoms. The van der Waals surface area contributed by atoms with E-state index in [2.05, 4.69) is 5.32 Å². The third kappa shape index (κ3) is 2.93. The summed E-state index contributed by atoms with van der Waals surface area (Å²) >= 11 is 0. The Morgan fingerprint density at radius 2 is 2.31 bits per heavy atom. The van der Waals surface area contributed by atoms with Gasteiger partial charge in [0, 0.05) is 19.2 Å². The fourth-order valence-electron chi connectivity index (χ4n) is 2.20. The van der Waals surface area contributed by atoms with Gasteiger partial charge in [-0.3, -0.25) is 4.79 Å². The molecule has 0 radical (unpaired) electrons. The Hall–Kier alpha value is -0.650. The van der Waals surface area contributed by atoms with E-state index in [4.69, 9.17) is 15.2 Å². The van der Waals surface area contributed by atoms with Crippen LogP contribution in [0.5, 0.6) is 0 Å². The number of hydrogen-bond donors (Lipinski definition) is 2. The largest absolute Gasteiger partial charge is 0.379 e. The summed E-state index contributed by atoms with van der Waals surface area (Å²) in [6, 6.07) is -0.150. The molecule has 92 valence electrons. The molecule has 16 heavy (non-hydrogen) atoms. The van der Waals surface area contributed by atoms with E-state index >= 15 is 0 Å². The molecule has 2 aliphatic rings.